The molecular formula is C26H35F3N6O4. The van der Waals surface area contributed by atoms with Crippen molar-refractivity contribution < 1.29 is 32.6 Å². The van der Waals surface area contributed by atoms with Gasteiger partial charge in [-0.3, -0.25) is 4.79 Å². The van der Waals surface area contributed by atoms with Gasteiger partial charge >= 0.3 is 12.1 Å². The fourth-order valence-electron chi connectivity index (χ4n) is 4.35. The van der Waals surface area contributed by atoms with E-state index in [1.54, 1.807) is 0 Å². The fourth-order valence-corrected chi connectivity index (χ4v) is 4.35. The second-order valence-corrected chi connectivity index (χ2v) is 9.27. The number of ether oxygens (including phenoxy) is 1. The number of nitrogens with one attached hydrogen (secondary N) is 2. The van der Waals surface area contributed by atoms with Gasteiger partial charge in [-0.25, -0.2) is 19.7 Å². The van der Waals surface area contributed by atoms with Crippen LogP contribution in [0.2, 0.25) is 0 Å². The number of pyridine rings is 1. The number of carboxylic acid groups (broad SMARTS) is 1. The SMILES string of the molecule is CCOCCN(CCCCc1ccc2c(n1)NCCC2)CCC(NC(=O)c1cncnc1C(F)(F)F)C(=O)O. The van der Waals surface area contributed by atoms with E-state index in [1.165, 1.54) is 5.56 Å². The third kappa shape index (κ3) is 9.43. The van der Waals surface area contributed by atoms with Gasteiger partial charge in [-0.15, -0.1) is 0 Å². The maximum atomic E-state index is 13.2. The number of fused-ring (bicyclic) bond motifs is 1. The molecule has 0 radical (unpaired) electrons. The Bertz CT molecular complexity index is 1100. The van der Waals surface area contributed by atoms with Gasteiger partial charge in [0.05, 0.1) is 12.2 Å². The summed E-state index contributed by atoms with van der Waals surface area (Å²) in [7, 11) is 0. The van der Waals surface area contributed by atoms with Gasteiger partial charge in [0.25, 0.3) is 5.91 Å². The van der Waals surface area contributed by atoms with Gasteiger partial charge in [0.1, 0.15) is 18.2 Å². The number of amides is 1. The van der Waals surface area contributed by atoms with Crippen molar-refractivity contribution in [3.8, 4) is 0 Å². The molecule has 1 aliphatic rings. The molecule has 3 N–H and O–H groups in total. The van der Waals surface area contributed by atoms with Gasteiger partial charge < -0.3 is 25.4 Å². The van der Waals surface area contributed by atoms with Crippen molar-refractivity contribution in [3.05, 3.63) is 47.2 Å². The number of aryl methyl sites for hydroxylation is 2. The summed E-state index contributed by atoms with van der Waals surface area (Å²) in [6, 6.07) is 2.79. The molecule has 13 heteroatoms. The number of nitrogens with zero attached hydrogens (tertiary/aromatic N) is 4. The topological polar surface area (TPSA) is 130 Å². The number of carbonyl (C=O) groups excluding carboxylic acids is 1. The van der Waals surface area contributed by atoms with E-state index < -0.39 is 35.4 Å². The van der Waals surface area contributed by atoms with Crippen LogP contribution in [0.25, 0.3) is 0 Å². The van der Waals surface area contributed by atoms with Crippen molar-refractivity contribution in [2.75, 3.05) is 44.7 Å². The van der Waals surface area contributed by atoms with Gasteiger partial charge in [-0.1, -0.05) is 6.07 Å². The number of carbonyl (C=O) groups is 2. The zero-order valence-electron chi connectivity index (χ0n) is 22.0. The Hall–Kier alpha value is -3.32. The van der Waals surface area contributed by atoms with Crippen LogP contribution in [0.5, 0.6) is 0 Å². The lowest BCUT2D eigenvalue weighted by molar-refractivity contribution is -0.141. The summed E-state index contributed by atoms with van der Waals surface area (Å²) in [5, 5.41) is 15.2. The summed E-state index contributed by atoms with van der Waals surface area (Å²) in [5.41, 5.74) is 0.0134. The van der Waals surface area contributed by atoms with Gasteiger partial charge in [0, 0.05) is 38.1 Å². The molecule has 0 fully saturated rings. The van der Waals surface area contributed by atoms with Crippen molar-refractivity contribution in [1.29, 1.82) is 0 Å². The highest BCUT2D eigenvalue weighted by Gasteiger charge is 2.38. The normalized spacial score (nSPS) is 14.0. The Balaban J connectivity index is 1.54. The summed E-state index contributed by atoms with van der Waals surface area (Å²) in [4.78, 5) is 37.7. The monoisotopic (exact) mass is 552 g/mol. The molecule has 2 aromatic rings. The maximum absolute atomic E-state index is 13.2. The van der Waals surface area contributed by atoms with Crippen LogP contribution < -0.4 is 10.6 Å². The van der Waals surface area contributed by atoms with Gasteiger partial charge in [-0.2, -0.15) is 13.2 Å². The maximum Gasteiger partial charge on any atom is 0.434 e. The minimum Gasteiger partial charge on any atom is -0.480 e. The highest BCUT2D eigenvalue weighted by molar-refractivity contribution is 5.97. The summed E-state index contributed by atoms with van der Waals surface area (Å²) in [6.45, 7) is 5.33. The molecule has 0 saturated heterocycles. The molecule has 0 aromatic carbocycles. The van der Waals surface area contributed by atoms with E-state index in [1.807, 2.05) is 11.8 Å². The number of carboxylic acids is 1. The number of hydrogen-bond donors (Lipinski definition) is 3. The quantitative estimate of drug-likeness (QED) is 0.285. The van der Waals surface area contributed by atoms with Crippen LogP contribution >= 0.6 is 0 Å². The van der Waals surface area contributed by atoms with E-state index in [0.717, 1.165) is 56.4 Å². The van der Waals surface area contributed by atoms with Crippen LogP contribution in [0, 0.1) is 0 Å². The van der Waals surface area contributed by atoms with Crippen LogP contribution in [-0.4, -0.2) is 82.3 Å². The molecule has 2 aromatic heterocycles. The minimum atomic E-state index is -4.88. The Morgan fingerprint density at radius 1 is 1.23 bits per heavy atom. The fraction of sp³-hybridized carbons (Fsp3) is 0.577. The first-order valence-corrected chi connectivity index (χ1v) is 13.1. The summed E-state index contributed by atoms with van der Waals surface area (Å²) >= 11 is 0. The molecule has 10 nitrogen and oxygen atoms in total. The van der Waals surface area contributed by atoms with E-state index in [9.17, 15) is 27.9 Å². The molecular weight excluding hydrogens is 517 g/mol. The van der Waals surface area contributed by atoms with Crippen molar-refractivity contribution in [1.82, 2.24) is 25.2 Å². The lowest BCUT2D eigenvalue weighted by Crippen LogP contribution is -2.44. The molecule has 39 heavy (non-hydrogen) atoms. The zero-order chi connectivity index (χ0) is 28.3. The smallest absolute Gasteiger partial charge is 0.434 e. The number of alkyl halides is 3. The van der Waals surface area contributed by atoms with Crippen LogP contribution in [-0.2, 0) is 28.5 Å². The Morgan fingerprint density at radius 3 is 2.79 bits per heavy atom. The molecule has 1 atom stereocenters. The van der Waals surface area contributed by atoms with Crippen LogP contribution in [0.15, 0.2) is 24.7 Å². The molecule has 1 aliphatic heterocycles. The number of anilines is 1. The molecule has 3 rings (SSSR count). The molecule has 0 bridgehead atoms. The molecule has 1 amide bonds. The van der Waals surface area contributed by atoms with Crippen LogP contribution in [0.1, 0.15) is 59.9 Å². The average Bonchev–Trinajstić information content (AvgIpc) is 2.92. The molecule has 0 saturated carbocycles. The van der Waals surface area contributed by atoms with Crippen molar-refractivity contribution in [3.63, 3.8) is 0 Å². The molecule has 3 heterocycles. The second-order valence-electron chi connectivity index (χ2n) is 9.27. The van der Waals surface area contributed by atoms with Crippen LogP contribution in [0.4, 0.5) is 19.0 Å². The number of rotatable bonds is 15. The molecule has 214 valence electrons. The zero-order valence-corrected chi connectivity index (χ0v) is 22.0. The highest BCUT2D eigenvalue weighted by Crippen LogP contribution is 2.29. The van der Waals surface area contributed by atoms with E-state index in [-0.39, 0.29) is 6.42 Å². The number of aliphatic carboxylic acids is 1. The summed E-state index contributed by atoms with van der Waals surface area (Å²) in [6.07, 6.45) is 1.19. The Kier molecular flexibility index (Phi) is 11.4. The first kappa shape index (κ1) is 30.2. The lowest BCUT2D eigenvalue weighted by Gasteiger charge is -2.24. The predicted octanol–water partition coefficient (Wildman–Crippen LogP) is 3.18. The highest BCUT2D eigenvalue weighted by atomic mass is 19.4. The third-order valence-electron chi connectivity index (χ3n) is 6.43. The van der Waals surface area contributed by atoms with Crippen molar-refractivity contribution >= 4 is 17.7 Å². The molecule has 0 spiro atoms. The van der Waals surface area contributed by atoms with Crippen molar-refractivity contribution in [2.24, 2.45) is 0 Å². The van der Waals surface area contributed by atoms with E-state index >= 15 is 0 Å². The van der Waals surface area contributed by atoms with Crippen molar-refractivity contribution in [2.45, 2.75) is 57.7 Å². The second kappa shape index (κ2) is 14.7. The predicted molar refractivity (Wildman–Crippen MR) is 137 cm³/mol. The lowest BCUT2D eigenvalue weighted by atomic mass is 10.1. The number of aromatic nitrogens is 3. The van der Waals surface area contributed by atoms with E-state index in [2.05, 4.69) is 32.7 Å². The van der Waals surface area contributed by atoms with Gasteiger partial charge in [0.15, 0.2) is 5.69 Å². The standard InChI is InChI=1S/C26H35F3N6O4/c1-2-39-15-14-35(12-4-3-7-19-9-8-18-6-5-11-31-23(18)33-19)13-10-21(25(37)38)34-24(36)20-16-30-17-32-22(20)26(27,28)29/h8-9,16-17,21H,2-7,10-15H2,1H3,(H,31,33)(H,34,36)(H,37,38). The van der Waals surface area contributed by atoms with Crippen LogP contribution in [0.3, 0.4) is 0 Å². The number of halogens is 3. The summed E-state index contributed by atoms with van der Waals surface area (Å²) < 4.78 is 45.1. The largest absolute Gasteiger partial charge is 0.480 e. The first-order chi connectivity index (χ1) is 18.7. The molecule has 1 unspecified atom stereocenters. The minimum absolute atomic E-state index is 0.000285. The number of hydrogen-bond acceptors (Lipinski definition) is 8. The Morgan fingerprint density at radius 2 is 2.05 bits per heavy atom. The van der Waals surface area contributed by atoms with Gasteiger partial charge in [0.2, 0.25) is 0 Å². The van der Waals surface area contributed by atoms with E-state index in [0.29, 0.717) is 39.2 Å². The Labute approximate surface area is 225 Å². The number of unbranched alkanes of at least 4 members (excludes halogenated alkanes) is 1. The van der Waals surface area contributed by atoms with E-state index in [4.69, 9.17) is 9.72 Å². The molecule has 0 aliphatic carbocycles. The van der Waals surface area contributed by atoms with Gasteiger partial charge in [-0.05, 0) is 63.6 Å². The first-order valence-electron chi connectivity index (χ1n) is 13.1. The third-order valence-corrected chi connectivity index (χ3v) is 6.43. The average molecular weight is 553 g/mol. The summed E-state index contributed by atoms with van der Waals surface area (Å²) in [5.74, 6) is -1.57.